The first-order valence-corrected chi connectivity index (χ1v) is 31.3. The van der Waals surface area contributed by atoms with Crippen LogP contribution < -0.4 is 16.0 Å². The minimum atomic E-state index is -4.16. The highest BCUT2D eigenvalue weighted by Gasteiger charge is 2.37. The zero-order chi connectivity index (χ0) is 64.9. The van der Waals surface area contributed by atoms with Crippen molar-refractivity contribution >= 4 is 76.5 Å². The SMILES string of the molecule is Cc1ccc(C(=O)Nc2cc(F)c(F)c(Cl)c2)cc1S(=O)(=O)N1CCC(O)CC1.Cc1ccc(C(=O)Nc2cc(F)c(F)c(F)c2)cc1S(=O)(=O)N1CCC(O)C(F)C1.Cc1ccc(C(=O)Nc2cc(F)c(F)c(F)c2)cc1S(=O)(=O)N1CCC(O)CC1. The third-order valence-corrected chi connectivity index (χ3v) is 20.6. The number of carbonyl (C=O) groups excluding carboxylic acids is 3. The summed E-state index contributed by atoms with van der Waals surface area (Å²) in [6.07, 6.45) is -2.79. The van der Waals surface area contributed by atoms with E-state index in [1.54, 1.807) is 13.8 Å². The van der Waals surface area contributed by atoms with Gasteiger partial charge in [0.1, 0.15) is 6.17 Å². The molecule has 88 heavy (non-hydrogen) atoms. The van der Waals surface area contributed by atoms with Crippen molar-refractivity contribution in [2.45, 2.75) is 92.0 Å². The van der Waals surface area contributed by atoms with Crippen molar-refractivity contribution in [1.82, 2.24) is 12.9 Å². The first-order valence-electron chi connectivity index (χ1n) is 26.6. The Morgan fingerprint density at radius 2 is 0.727 bits per heavy atom. The number of sulfonamides is 3. The molecule has 9 rings (SSSR count). The van der Waals surface area contributed by atoms with Gasteiger partial charge in [0.05, 0.1) is 38.0 Å². The molecule has 3 saturated heterocycles. The Kier molecular flexibility index (Phi) is 22.0. The van der Waals surface area contributed by atoms with Crippen LogP contribution in [0.3, 0.4) is 0 Å². The molecule has 2 atom stereocenters. The molecule has 3 amide bonds. The number of hydrogen-bond donors (Lipinski definition) is 6. The molecule has 2 unspecified atom stereocenters. The number of aryl methyl sites for hydroxylation is 3. The van der Waals surface area contributed by atoms with Gasteiger partial charge in [0.25, 0.3) is 17.7 Å². The number of anilines is 3. The summed E-state index contributed by atoms with van der Waals surface area (Å²) < 4.78 is 201. The van der Waals surface area contributed by atoms with E-state index in [9.17, 15) is 94.5 Å². The smallest absolute Gasteiger partial charge is 0.255 e. The Balaban J connectivity index is 0.000000188. The van der Waals surface area contributed by atoms with E-state index in [0.29, 0.717) is 66.6 Å². The lowest BCUT2D eigenvalue weighted by Gasteiger charge is -2.31. The predicted octanol–water partition coefficient (Wildman–Crippen LogP) is 8.89. The maximum Gasteiger partial charge on any atom is 0.255 e. The van der Waals surface area contributed by atoms with Crippen LogP contribution >= 0.6 is 11.6 Å². The first kappa shape index (κ1) is 68.5. The minimum absolute atomic E-state index is 0.0233. The monoisotopic (exact) mass is 1320 g/mol. The number of hydrogen-bond acceptors (Lipinski definition) is 12. The van der Waals surface area contributed by atoms with E-state index in [4.69, 9.17) is 11.6 Å². The fourth-order valence-electron chi connectivity index (χ4n) is 9.22. The molecule has 0 spiro atoms. The van der Waals surface area contributed by atoms with Gasteiger partial charge >= 0.3 is 0 Å². The Bertz CT molecular complexity index is 3770. The molecule has 6 aromatic rings. The quantitative estimate of drug-likeness (QED) is 0.0496. The van der Waals surface area contributed by atoms with Crippen molar-refractivity contribution < 1.29 is 94.5 Å². The second kappa shape index (κ2) is 28.2. The van der Waals surface area contributed by atoms with Crippen LogP contribution in [-0.2, 0) is 30.1 Å². The number of alkyl halides is 1. The van der Waals surface area contributed by atoms with Gasteiger partial charge in [0.2, 0.25) is 30.1 Å². The average molecular weight is 1320 g/mol. The first-order chi connectivity index (χ1) is 41.2. The number of piperidine rings is 3. The number of amides is 3. The normalized spacial score (nSPS) is 17.5. The van der Waals surface area contributed by atoms with Gasteiger partial charge in [-0.3, -0.25) is 14.4 Å². The van der Waals surface area contributed by atoms with Gasteiger partial charge in [0.15, 0.2) is 46.5 Å². The largest absolute Gasteiger partial charge is 0.393 e. The summed E-state index contributed by atoms with van der Waals surface area (Å²) >= 11 is 5.58. The summed E-state index contributed by atoms with van der Waals surface area (Å²) in [5.41, 5.74) is 0.311. The van der Waals surface area contributed by atoms with E-state index in [2.05, 4.69) is 16.0 Å². The van der Waals surface area contributed by atoms with Crippen LogP contribution in [0.5, 0.6) is 0 Å². The van der Waals surface area contributed by atoms with Crippen LogP contribution in [-0.4, -0.2) is 135 Å². The number of rotatable bonds is 12. The van der Waals surface area contributed by atoms with Crippen molar-refractivity contribution in [2.75, 3.05) is 55.2 Å². The second-order valence-corrected chi connectivity index (χ2v) is 26.7. The molecule has 18 nitrogen and oxygen atoms in total. The summed E-state index contributed by atoms with van der Waals surface area (Å²) in [7, 11) is -11.9. The number of benzene rings is 6. The maximum atomic E-state index is 13.8. The van der Waals surface area contributed by atoms with Crippen molar-refractivity contribution in [2.24, 2.45) is 0 Å². The lowest BCUT2D eigenvalue weighted by molar-refractivity contribution is 0.0303. The molecule has 0 bridgehead atoms. The third-order valence-electron chi connectivity index (χ3n) is 14.2. The van der Waals surface area contributed by atoms with Gasteiger partial charge in [-0.2, -0.15) is 12.9 Å². The van der Waals surface area contributed by atoms with Gasteiger partial charge in [-0.1, -0.05) is 29.8 Å². The molecule has 6 N–H and O–H groups in total. The van der Waals surface area contributed by atoms with Crippen LogP contribution in [0.1, 0.15) is 79.9 Å². The summed E-state index contributed by atoms with van der Waals surface area (Å²) in [4.78, 5) is 37.1. The van der Waals surface area contributed by atoms with E-state index >= 15 is 0 Å². The molecule has 0 radical (unpaired) electrons. The van der Waals surface area contributed by atoms with Crippen molar-refractivity contribution in [3.05, 3.63) is 176 Å². The third kappa shape index (κ3) is 16.1. The van der Waals surface area contributed by atoms with Crippen molar-refractivity contribution in [3.8, 4) is 0 Å². The molecule has 3 fully saturated rings. The number of aliphatic hydroxyl groups excluding tert-OH is 3. The highest BCUT2D eigenvalue weighted by atomic mass is 35.5. The zero-order valence-corrected chi connectivity index (χ0v) is 49.8. The van der Waals surface area contributed by atoms with E-state index in [1.807, 2.05) is 0 Å². The highest BCUT2D eigenvalue weighted by Crippen LogP contribution is 2.31. The fraction of sp³-hybridized carbons (Fsp3) is 0.316. The Morgan fingerprint density at radius 1 is 0.443 bits per heavy atom. The Labute approximate surface area is 504 Å². The average Bonchev–Trinajstić information content (AvgIpc) is 1.91. The lowest BCUT2D eigenvalue weighted by atomic mass is 10.1. The van der Waals surface area contributed by atoms with Gasteiger partial charge < -0.3 is 31.3 Å². The number of nitrogens with one attached hydrogen (secondary N) is 3. The van der Waals surface area contributed by atoms with Crippen LogP contribution in [0.15, 0.2) is 106 Å². The lowest BCUT2D eigenvalue weighted by Crippen LogP contribution is -2.47. The summed E-state index contributed by atoms with van der Waals surface area (Å²) in [6.45, 7) is 4.77. The number of nitrogens with zero attached hydrogens (tertiary/aromatic N) is 3. The summed E-state index contributed by atoms with van der Waals surface area (Å²) in [6, 6.07) is 16.2. The molecule has 31 heteroatoms. The summed E-state index contributed by atoms with van der Waals surface area (Å²) in [5.74, 6) is -14.1. The van der Waals surface area contributed by atoms with Gasteiger partial charge in [-0.25, -0.2) is 64.8 Å². The molecule has 474 valence electrons. The fourth-order valence-corrected chi connectivity index (χ4v) is 14.6. The molecular formula is C57H56ClF9N6O12S3. The molecule has 6 aromatic carbocycles. The van der Waals surface area contributed by atoms with E-state index in [0.717, 1.165) is 22.5 Å². The topological polar surface area (TPSA) is 260 Å². The van der Waals surface area contributed by atoms with Crippen LogP contribution in [0.2, 0.25) is 5.02 Å². The number of aliphatic hydroxyl groups is 3. The molecule has 0 aliphatic carbocycles. The van der Waals surface area contributed by atoms with Crippen molar-refractivity contribution in [3.63, 3.8) is 0 Å². The van der Waals surface area contributed by atoms with E-state index in [1.165, 1.54) is 64.1 Å². The molecule has 3 heterocycles. The number of carbonyl (C=O) groups is 3. The Hall–Kier alpha value is -7.00. The standard InChI is InChI=1S/C19H19ClF2N2O4S.C19H18F4N2O4S.C19H19F3N2O4S/c1-11-2-3-12(19(26)23-13-9-15(20)18(22)16(21)10-13)8-17(11)29(27,28)24-6-4-14(25)5-7-24;1-10-2-3-11(19(27)24-12-7-13(20)18(23)14(21)8-12)6-17(10)30(28,29)25-5-4-16(26)15(22)9-25;1-11-2-3-12(19(26)23-13-9-15(20)18(22)16(21)10-13)8-17(11)29(27,28)24-6-4-14(25)5-7-24/h2-3,8-10,14,25H,4-7H2,1H3,(H,23,26);2-3,6-8,15-16,26H,4-5,9H2,1H3,(H,24,27);2-3,8-10,14,25H,4-7H2,1H3,(H,23,26). The molecule has 3 aliphatic rings. The van der Waals surface area contributed by atoms with Crippen molar-refractivity contribution in [1.29, 1.82) is 0 Å². The molecular weight excluding hydrogens is 1260 g/mol. The molecule has 3 aliphatic heterocycles. The van der Waals surface area contributed by atoms with Crippen LogP contribution in [0.4, 0.5) is 56.6 Å². The van der Waals surface area contributed by atoms with Gasteiger partial charge in [0, 0.05) is 103 Å². The Morgan fingerprint density at radius 3 is 1.03 bits per heavy atom. The number of halogens is 10. The van der Waals surface area contributed by atoms with Crippen LogP contribution in [0.25, 0.3) is 0 Å². The minimum Gasteiger partial charge on any atom is -0.393 e. The zero-order valence-electron chi connectivity index (χ0n) is 46.6. The maximum absolute atomic E-state index is 13.8. The van der Waals surface area contributed by atoms with Gasteiger partial charge in [-0.05, 0) is 112 Å². The second-order valence-electron chi connectivity index (χ2n) is 20.6. The molecule has 0 aromatic heterocycles. The molecule has 0 saturated carbocycles. The summed E-state index contributed by atoms with van der Waals surface area (Å²) in [5, 5.41) is 34.9. The highest BCUT2D eigenvalue weighted by molar-refractivity contribution is 7.89. The van der Waals surface area contributed by atoms with Crippen LogP contribution in [0, 0.1) is 67.3 Å². The van der Waals surface area contributed by atoms with E-state index in [-0.39, 0.29) is 87.6 Å². The van der Waals surface area contributed by atoms with E-state index < -0.39 is 130 Å². The van der Waals surface area contributed by atoms with Gasteiger partial charge in [-0.15, -0.1) is 0 Å². The predicted molar refractivity (Wildman–Crippen MR) is 304 cm³/mol.